The molecular formula is C17H17NO2. The van der Waals surface area contributed by atoms with E-state index < -0.39 is 0 Å². The summed E-state index contributed by atoms with van der Waals surface area (Å²) < 4.78 is 5.18. The lowest BCUT2D eigenvalue weighted by Gasteiger charge is -2.28. The van der Waals surface area contributed by atoms with Crippen molar-refractivity contribution in [2.24, 2.45) is 0 Å². The number of carbonyl (C=O) groups excluding carboxylic acids is 1. The van der Waals surface area contributed by atoms with Crippen LogP contribution in [-0.4, -0.2) is 13.0 Å². The van der Waals surface area contributed by atoms with Crippen LogP contribution in [0.5, 0.6) is 5.75 Å². The van der Waals surface area contributed by atoms with Gasteiger partial charge in [-0.1, -0.05) is 36.4 Å². The van der Waals surface area contributed by atoms with Crippen LogP contribution in [-0.2, 0) is 17.8 Å². The van der Waals surface area contributed by atoms with Crippen LogP contribution in [0.4, 0.5) is 0 Å². The lowest BCUT2D eigenvalue weighted by molar-refractivity contribution is -0.123. The van der Waals surface area contributed by atoms with Crippen LogP contribution in [0.2, 0.25) is 0 Å². The normalized spacial score (nSPS) is 15.9. The standard InChI is InChI=1S/C17H17NO2/c1-20-14-7-4-5-12(9-14)11-18-17(19)16-10-13-6-2-3-8-15(13)16/h2-9,16H,10-11H2,1H3,(H,18,19). The van der Waals surface area contributed by atoms with Crippen molar-refractivity contribution in [1.82, 2.24) is 5.32 Å². The molecule has 2 aromatic rings. The van der Waals surface area contributed by atoms with Crippen molar-refractivity contribution in [2.75, 3.05) is 7.11 Å². The number of nitrogens with one attached hydrogen (secondary N) is 1. The number of ether oxygens (including phenoxy) is 1. The quantitative estimate of drug-likeness (QED) is 0.925. The molecule has 0 bridgehead atoms. The topological polar surface area (TPSA) is 38.3 Å². The van der Waals surface area contributed by atoms with E-state index in [4.69, 9.17) is 4.74 Å². The Hall–Kier alpha value is -2.29. The van der Waals surface area contributed by atoms with Crippen molar-refractivity contribution in [3.63, 3.8) is 0 Å². The summed E-state index contributed by atoms with van der Waals surface area (Å²) in [6.07, 6.45) is 0.847. The zero-order valence-corrected chi connectivity index (χ0v) is 11.4. The van der Waals surface area contributed by atoms with Gasteiger partial charge in [-0.3, -0.25) is 4.79 Å². The second kappa shape index (κ2) is 5.37. The van der Waals surface area contributed by atoms with E-state index in [9.17, 15) is 4.79 Å². The van der Waals surface area contributed by atoms with E-state index in [0.29, 0.717) is 6.54 Å². The van der Waals surface area contributed by atoms with Gasteiger partial charge in [0.25, 0.3) is 0 Å². The Labute approximate surface area is 118 Å². The van der Waals surface area contributed by atoms with Gasteiger partial charge in [0.15, 0.2) is 0 Å². The second-order valence-electron chi connectivity index (χ2n) is 5.02. The van der Waals surface area contributed by atoms with E-state index in [-0.39, 0.29) is 11.8 Å². The first-order valence-electron chi connectivity index (χ1n) is 6.76. The molecule has 0 saturated carbocycles. The molecule has 20 heavy (non-hydrogen) atoms. The molecule has 2 aromatic carbocycles. The zero-order chi connectivity index (χ0) is 13.9. The fourth-order valence-electron chi connectivity index (χ4n) is 2.59. The third kappa shape index (κ3) is 2.39. The number of amides is 1. The van der Waals surface area contributed by atoms with Crippen LogP contribution in [0.3, 0.4) is 0 Å². The number of fused-ring (bicyclic) bond motifs is 1. The van der Waals surface area contributed by atoms with Gasteiger partial charge in [0.05, 0.1) is 13.0 Å². The molecule has 1 N–H and O–H groups in total. The van der Waals surface area contributed by atoms with Crippen LogP contribution in [0.25, 0.3) is 0 Å². The van der Waals surface area contributed by atoms with Crippen LogP contribution >= 0.6 is 0 Å². The third-order valence-electron chi connectivity index (χ3n) is 3.77. The third-order valence-corrected chi connectivity index (χ3v) is 3.77. The zero-order valence-electron chi connectivity index (χ0n) is 11.4. The smallest absolute Gasteiger partial charge is 0.228 e. The minimum Gasteiger partial charge on any atom is -0.497 e. The maximum absolute atomic E-state index is 12.2. The molecule has 3 heteroatoms. The molecule has 0 saturated heterocycles. The van der Waals surface area contributed by atoms with Crippen LogP contribution in [0, 0.1) is 0 Å². The van der Waals surface area contributed by atoms with Crippen LogP contribution < -0.4 is 10.1 Å². The van der Waals surface area contributed by atoms with Gasteiger partial charge in [0, 0.05) is 6.54 Å². The Morgan fingerprint density at radius 2 is 2.10 bits per heavy atom. The van der Waals surface area contributed by atoms with E-state index in [1.54, 1.807) is 7.11 Å². The summed E-state index contributed by atoms with van der Waals surface area (Å²) in [4.78, 5) is 12.2. The summed E-state index contributed by atoms with van der Waals surface area (Å²) in [5.41, 5.74) is 3.50. The summed E-state index contributed by atoms with van der Waals surface area (Å²) in [5.74, 6) is 0.925. The fourth-order valence-corrected chi connectivity index (χ4v) is 2.59. The number of rotatable bonds is 4. The Bertz CT molecular complexity index is 636. The molecular weight excluding hydrogens is 250 g/mol. The van der Waals surface area contributed by atoms with Crippen molar-refractivity contribution < 1.29 is 9.53 Å². The number of benzene rings is 2. The highest BCUT2D eigenvalue weighted by molar-refractivity contribution is 5.86. The largest absolute Gasteiger partial charge is 0.497 e. The van der Waals surface area contributed by atoms with Gasteiger partial charge in [0.1, 0.15) is 5.75 Å². The Kier molecular flexibility index (Phi) is 3.42. The molecule has 3 nitrogen and oxygen atoms in total. The van der Waals surface area contributed by atoms with Gasteiger partial charge in [0.2, 0.25) is 5.91 Å². The van der Waals surface area contributed by atoms with E-state index >= 15 is 0 Å². The summed E-state index contributed by atoms with van der Waals surface area (Å²) >= 11 is 0. The van der Waals surface area contributed by atoms with Gasteiger partial charge >= 0.3 is 0 Å². The Morgan fingerprint density at radius 3 is 2.90 bits per heavy atom. The van der Waals surface area contributed by atoms with E-state index in [2.05, 4.69) is 11.4 Å². The summed E-state index contributed by atoms with van der Waals surface area (Å²) in [6.45, 7) is 0.536. The molecule has 1 atom stereocenters. The molecule has 3 rings (SSSR count). The summed E-state index contributed by atoms with van der Waals surface area (Å²) in [5, 5.41) is 3.00. The fraction of sp³-hybridized carbons (Fsp3) is 0.235. The van der Waals surface area contributed by atoms with Crippen LogP contribution in [0.1, 0.15) is 22.6 Å². The molecule has 1 amide bonds. The first-order chi connectivity index (χ1) is 9.78. The summed E-state index contributed by atoms with van der Waals surface area (Å²) in [6, 6.07) is 15.9. The SMILES string of the molecule is COc1cccc(CNC(=O)C2Cc3ccccc32)c1. The molecule has 102 valence electrons. The van der Waals surface area contributed by atoms with Gasteiger partial charge in [-0.25, -0.2) is 0 Å². The molecule has 1 aliphatic carbocycles. The highest BCUT2D eigenvalue weighted by atomic mass is 16.5. The highest BCUT2D eigenvalue weighted by Gasteiger charge is 2.31. The number of methoxy groups -OCH3 is 1. The van der Waals surface area contributed by atoms with E-state index in [1.165, 1.54) is 5.56 Å². The first-order valence-corrected chi connectivity index (χ1v) is 6.76. The molecule has 1 aliphatic rings. The molecule has 0 aliphatic heterocycles. The maximum atomic E-state index is 12.2. The molecule has 0 heterocycles. The molecule has 0 spiro atoms. The van der Waals surface area contributed by atoms with Gasteiger partial charge in [-0.05, 0) is 35.2 Å². The van der Waals surface area contributed by atoms with Crippen molar-refractivity contribution in [2.45, 2.75) is 18.9 Å². The first kappa shape index (κ1) is 12.7. The second-order valence-corrected chi connectivity index (χ2v) is 5.02. The van der Waals surface area contributed by atoms with Gasteiger partial charge in [-0.15, -0.1) is 0 Å². The van der Waals surface area contributed by atoms with Gasteiger partial charge < -0.3 is 10.1 Å². The minimum absolute atomic E-state index is 0.0109. The number of carbonyl (C=O) groups is 1. The molecule has 0 fully saturated rings. The Balaban J connectivity index is 1.61. The predicted octanol–water partition coefficient (Wildman–Crippen LogP) is 2.65. The predicted molar refractivity (Wildman–Crippen MR) is 77.7 cm³/mol. The molecule has 0 aromatic heterocycles. The Morgan fingerprint density at radius 1 is 1.25 bits per heavy atom. The van der Waals surface area contributed by atoms with Crippen LogP contribution in [0.15, 0.2) is 48.5 Å². The molecule has 0 radical (unpaired) electrons. The minimum atomic E-state index is 0.0109. The average Bonchev–Trinajstić information content (AvgIpc) is 2.46. The number of hydrogen-bond donors (Lipinski definition) is 1. The van der Waals surface area contributed by atoms with E-state index in [1.807, 2.05) is 42.5 Å². The summed E-state index contributed by atoms with van der Waals surface area (Å²) in [7, 11) is 1.64. The van der Waals surface area contributed by atoms with Crippen molar-refractivity contribution in [3.8, 4) is 5.75 Å². The van der Waals surface area contributed by atoms with E-state index in [0.717, 1.165) is 23.3 Å². The van der Waals surface area contributed by atoms with Crippen molar-refractivity contribution in [1.29, 1.82) is 0 Å². The van der Waals surface area contributed by atoms with Crippen molar-refractivity contribution >= 4 is 5.91 Å². The van der Waals surface area contributed by atoms with Crippen molar-refractivity contribution in [3.05, 3.63) is 65.2 Å². The maximum Gasteiger partial charge on any atom is 0.228 e. The monoisotopic (exact) mass is 267 g/mol. The lowest BCUT2D eigenvalue weighted by atomic mass is 9.77. The van der Waals surface area contributed by atoms with Gasteiger partial charge in [-0.2, -0.15) is 0 Å². The average molecular weight is 267 g/mol. The molecule has 1 unspecified atom stereocenters. The lowest BCUT2D eigenvalue weighted by Crippen LogP contribution is -2.35. The number of hydrogen-bond acceptors (Lipinski definition) is 2. The highest BCUT2D eigenvalue weighted by Crippen LogP contribution is 2.34.